The number of piperazine rings is 1. The highest BCUT2D eigenvalue weighted by Crippen LogP contribution is 2.39. The average molecular weight is 417 g/mol. The van der Waals surface area contributed by atoms with E-state index in [1.807, 2.05) is 72.4 Å². The number of fused-ring (bicyclic) bond motifs is 2. The molecule has 3 aliphatic heterocycles. The fourth-order valence-corrected chi connectivity index (χ4v) is 4.04. The Morgan fingerprint density at radius 2 is 1.63 bits per heavy atom. The Bertz CT molecular complexity index is 753. The Morgan fingerprint density at radius 3 is 2.10 bits per heavy atom. The maximum absolute atomic E-state index is 12.5. The van der Waals surface area contributed by atoms with Crippen molar-refractivity contribution < 1.29 is 18.8 Å². The molecule has 3 saturated heterocycles. The van der Waals surface area contributed by atoms with E-state index in [0.717, 1.165) is 24.3 Å². The maximum Gasteiger partial charge on any atom is 0.490 e. The van der Waals surface area contributed by atoms with Gasteiger partial charge >= 0.3 is 13.2 Å². The van der Waals surface area contributed by atoms with Crippen LogP contribution in [-0.4, -0.2) is 71.7 Å². The lowest BCUT2D eigenvalue weighted by Crippen LogP contribution is -2.49. The van der Waals surface area contributed by atoms with Crippen molar-refractivity contribution in [2.75, 3.05) is 13.1 Å². The fraction of sp³-hybridized carbons (Fsp3) is 0.727. The second-order valence-electron chi connectivity index (χ2n) is 10.5. The number of rotatable bonds is 4. The number of carbonyl (C=O) groups excluding carboxylic acids is 1. The van der Waals surface area contributed by atoms with Crippen LogP contribution in [0.1, 0.15) is 61.8 Å². The van der Waals surface area contributed by atoms with Crippen molar-refractivity contribution in [2.45, 2.75) is 90.7 Å². The van der Waals surface area contributed by atoms with E-state index in [9.17, 15) is 4.79 Å². The molecule has 0 aliphatic carbocycles. The molecule has 30 heavy (non-hydrogen) atoms. The zero-order chi connectivity index (χ0) is 22.5. The summed E-state index contributed by atoms with van der Waals surface area (Å²) in [6, 6.07) is 0.369. The zero-order valence-electron chi connectivity index (χ0n) is 19.7. The molecule has 0 spiro atoms. The van der Waals surface area contributed by atoms with Crippen molar-refractivity contribution in [3.05, 3.63) is 23.4 Å². The van der Waals surface area contributed by atoms with Crippen molar-refractivity contribution >= 4 is 19.9 Å². The molecule has 0 aromatic carbocycles. The number of carbonyl (C=O) groups is 1. The van der Waals surface area contributed by atoms with Crippen LogP contribution < -0.4 is 0 Å². The molecule has 0 aromatic rings. The van der Waals surface area contributed by atoms with E-state index in [-0.39, 0.29) is 36.5 Å². The number of likely N-dealkylation sites (tertiary alicyclic amines) is 2. The Labute approximate surface area is 181 Å². The maximum atomic E-state index is 12.5. The summed E-state index contributed by atoms with van der Waals surface area (Å²) < 4.78 is 17.8. The minimum Gasteiger partial charge on any atom is -0.444 e. The smallest absolute Gasteiger partial charge is 0.444 e. The summed E-state index contributed by atoms with van der Waals surface area (Å²) in [4.78, 5) is 20.8. The van der Waals surface area contributed by atoms with E-state index in [0.29, 0.717) is 6.54 Å². The summed E-state index contributed by atoms with van der Waals surface area (Å²) in [6.45, 7) is 21.0. The molecule has 2 bridgehead atoms. The number of nitrogens with zero attached hydrogens (tertiary/aromatic N) is 3. The molecular formula is C22H36BN3O4. The van der Waals surface area contributed by atoms with Crippen molar-refractivity contribution in [1.82, 2.24) is 9.80 Å². The van der Waals surface area contributed by atoms with Crippen LogP contribution in [0, 0.1) is 0 Å². The molecule has 2 atom stereocenters. The molecule has 8 heteroatoms. The molecule has 0 radical (unpaired) electrons. The molecule has 3 heterocycles. The van der Waals surface area contributed by atoms with Gasteiger partial charge in [0.25, 0.3) is 0 Å². The van der Waals surface area contributed by atoms with Gasteiger partial charge in [-0.15, -0.1) is 0 Å². The van der Waals surface area contributed by atoms with Crippen LogP contribution >= 0.6 is 0 Å². The third-order valence-electron chi connectivity index (χ3n) is 6.45. The molecule has 166 valence electrons. The first kappa shape index (κ1) is 22.9. The molecule has 3 rings (SSSR count). The summed E-state index contributed by atoms with van der Waals surface area (Å²) in [7, 11) is -0.380. The van der Waals surface area contributed by atoms with Gasteiger partial charge in [-0.3, -0.25) is 0 Å². The monoisotopic (exact) mass is 417 g/mol. The molecule has 3 aliphatic rings. The highest BCUT2D eigenvalue weighted by molar-refractivity contribution is 6.54. The summed E-state index contributed by atoms with van der Waals surface area (Å²) in [6.07, 6.45) is 4.64. The molecule has 7 nitrogen and oxygen atoms in total. The number of ether oxygens (including phenoxy) is 1. The number of allylic oxidation sites excluding steroid dienone is 3. The van der Waals surface area contributed by atoms with Crippen LogP contribution in [-0.2, 0) is 14.0 Å². The fourth-order valence-electron chi connectivity index (χ4n) is 4.04. The summed E-state index contributed by atoms with van der Waals surface area (Å²) >= 11 is 0. The van der Waals surface area contributed by atoms with E-state index < -0.39 is 5.60 Å². The zero-order valence-corrected chi connectivity index (χ0v) is 19.7. The highest BCUT2D eigenvalue weighted by atomic mass is 16.7. The molecule has 0 N–H and O–H groups in total. The van der Waals surface area contributed by atoms with Gasteiger partial charge in [-0.05, 0) is 80.1 Å². The van der Waals surface area contributed by atoms with Gasteiger partial charge in [-0.25, -0.2) is 9.79 Å². The van der Waals surface area contributed by atoms with Crippen LogP contribution in [0.2, 0.25) is 0 Å². The molecule has 0 aromatic heterocycles. The van der Waals surface area contributed by atoms with Gasteiger partial charge < -0.3 is 23.8 Å². The lowest BCUT2D eigenvalue weighted by atomic mass is 9.79. The van der Waals surface area contributed by atoms with E-state index in [1.165, 1.54) is 0 Å². The number of hydrogen-bond acceptors (Lipinski definition) is 6. The van der Waals surface area contributed by atoms with Crippen molar-refractivity contribution in [3.8, 4) is 0 Å². The lowest BCUT2D eigenvalue weighted by molar-refractivity contribution is 0.00578. The largest absolute Gasteiger partial charge is 0.490 e. The third kappa shape index (κ3) is 4.44. The first-order chi connectivity index (χ1) is 13.7. The van der Waals surface area contributed by atoms with Crippen molar-refractivity contribution in [3.63, 3.8) is 0 Å². The molecule has 0 saturated carbocycles. The van der Waals surface area contributed by atoms with E-state index in [4.69, 9.17) is 14.0 Å². The third-order valence-corrected chi connectivity index (χ3v) is 6.45. The lowest BCUT2D eigenvalue weighted by Gasteiger charge is -2.36. The molecular weight excluding hydrogens is 381 g/mol. The van der Waals surface area contributed by atoms with Gasteiger partial charge in [0, 0.05) is 13.1 Å². The topological polar surface area (TPSA) is 63.6 Å². The van der Waals surface area contributed by atoms with Gasteiger partial charge in [0.1, 0.15) is 11.4 Å². The molecule has 3 fully saturated rings. The number of aliphatic imine (C=N–C) groups is 1. The quantitative estimate of drug-likeness (QED) is 0.396. The second-order valence-corrected chi connectivity index (χ2v) is 10.5. The highest BCUT2D eigenvalue weighted by Gasteiger charge is 2.51. The van der Waals surface area contributed by atoms with E-state index in [2.05, 4.69) is 16.6 Å². The van der Waals surface area contributed by atoms with Crippen molar-refractivity contribution in [2.24, 2.45) is 4.99 Å². The van der Waals surface area contributed by atoms with Crippen LogP contribution in [0.15, 0.2) is 28.4 Å². The van der Waals surface area contributed by atoms with Gasteiger partial charge in [0.2, 0.25) is 0 Å². The minimum absolute atomic E-state index is 0.142. The van der Waals surface area contributed by atoms with E-state index in [1.54, 1.807) is 0 Å². The Balaban J connectivity index is 1.66. The standard InChI is InChI=1S/C22H36BN3O4/c1-15(23-29-21(5,6)22(7,8)30-23)10-11-18(24-9)25-13-17-12-16(25)14-26(17)19(27)28-20(2,3)4/h10-11,16-17H,9,12-14H2,1-8H3/b15-10+,18-11+/t16-,17-/m0/s1. The Hall–Kier alpha value is -1.80. The second kappa shape index (κ2) is 7.72. The van der Waals surface area contributed by atoms with Crippen LogP contribution in [0.4, 0.5) is 4.79 Å². The predicted octanol–water partition coefficient (Wildman–Crippen LogP) is 3.80. The number of amides is 1. The van der Waals surface area contributed by atoms with Gasteiger partial charge in [-0.2, -0.15) is 0 Å². The van der Waals surface area contributed by atoms with Gasteiger partial charge in [-0.1, -0.05) is 6.08 Å². The average Bonchev–Trinajstić information content (AvgIpc) is 3.25. The Morgan fingerprint density at radius 1 is 1.10 bits per heavy atom. The van der Waals surface area contributed by atoms with Crippen LogP contribution in [0.25, 0.3) is 0 Å². The molecule has 1 amide bonds. The first-order valence-corrected chi connectivity index (χ1v) is 10.7. The number of hydrogen-bond donors (Lipinski definition) is 0. The summed E-state index contributed by atoms with van der Waals surface area (Å²) in [5.41, 5.74) is -0.235. The van der Waals surface area contributed by atoms with Crippen LogP contribution in [0.5, 0.6) is 0 Å². The normalized spacial score (nSPS) is 28.3. The van der Waals surface area contributed by atoms with Gasteiger partial charge in [0.05, 0.1) is 23.3 Å². The first-order valence-electron chi connectivity index (χ1n) is 10.7. The summed E-state index contributed by atoms with van der Waals surface area (Å²) in [5.74, 6) is 0.808. The molecule has 0 unspecified atom stereocenters. The minimum atomic E-state index is -0.484. The van der Waals surface area contributed by atoms with Crippen molar-refractivity contribution in [1.29, 1.82) is 0 Å². The predicted molar refractivity (Wildman–Crippen MR) is 119 cm³/mol. The van der Waals surface area contributed by atoms with E-state index >= 15 is 0 Å². The SMILES string of the molecule is C=N/C(=C\C=C(/C)B1OC(C)(C)C(C)(C)O1)N1C[C@@H]2C[C@H]1CN2C(=O)OC(C)(C)C. The van der Waals surface area contributed by atoms with Crippen LogP contribution in [0.3, 0.4) is 0 Å². The summed E-state index contributed by atoms with van der Waals surface area (Å²) in [5, 5.41) is 0. The van der Waals surface area contributed by atoms with Gasteiger partial charge in [0.15, 0.2) is 0 Å². The Kier molecular flexibility index (Phi) is 5.88.